The second-order valence-corrected chi connectivity index (χ2v) is 6.93. The van der Waals surface area contributed by atoms with Crippen LogP contribution >= 0.6 is 0 Å². The molecule has 1 unspecified atom stereocenters. The van der Waals surface area contributed by atoms with Gasteiger partial charge in [0.1, 0.15) is 5.82 Å². The van der Waals surface area contributed by atoms with Crippen LogP contribution in [0.4, 0.5) is 4.39 Å². The average Bonchev–Trinajstić information content (AvgIpc) is 2.40. The maximum atomic E-state index is 13.7. The third kappa shape index (κ3) is 3.16. The van der Waals surface area contributed by atoms with E-state index in [-0.39, 0.29) is 12.1 Å². The van der Waals surface area contributed by atoms with Gasteiger partial charge in [0.15, 0.2) is 0 Å². The first-order chi connectivity index (χ1) is 9.29. The number of likely N-dealkylation sites (tertiary alicyclic amines) is 1. The highest BCUT2D eigenvalue weighted by atomic mass is 32.2. The molecule has 1 fully saturated rings. The van der Waals surface area contributed by atoms with Crippen LogP contribution in [0.3, 0.4) is 0 Å². The first-order valence-electron chi connectivity index (χ1n) is 6.36. The molecule has 1 heterocycles. The molecule has 0 aromatic heterocycles. The number of primary sulfonamides is 1. The van der Waals surface area contributed by atoms with E-state index < -0.39 is 27.0 Å². The first-order valence-corrected chi connectivity index (χ1v) is 7.97. The maximum absolute atomic E-state index is 13.7. The van der Waals surface area contributed by atoms with Crippen molar-refractivity contribution in [2.75, 3.05) is 13.1 Å². The molecular formula is C13H17FN2O3S. The molecule has 1 amide bonds. The van der Waals surface area contributed by atoms with Gasteiger partial charge in [-0.25, -0.2) is 17.9 Å². The van der Waals surface area contributed by atoms with E-state index in [1.807, 2.05) is 0 Å². The smallest absolute Gasteiger partial charge is 0.256 e. The molecular weight excluding hydrogens is 283 g/mol. The lowest BCUT2D eigenvalue weighted by atomic mass is 10.1. The molecule has 1 aromatic rings. The molecule has 0 saturated carbocycles. The normalized spacial score (nSPS) is 19.9. The van der Waals surface area contributed by atoms with Crippen molar-refractivity contribution in [1.82, 2.24) is 4.90 Å². The number of benzene rings is 1. The van der Waals surface area contributed by atoms with Crippen LogP contribution in [0.5, 0.6) is 0 Å². The largest absolute Gasteiger partial charge is 0.337 e. The fourth-order valence-electron chi connectivity index (χ4n) is 2.36. The minimum absolute atomic E-state index is 0.0189. The number of hydrogen-bond acceptors (Lipinski definition) is 3. The summed E-state index contributed by atoms with van der Waals surface area (Å²) in [5, 5.41) is 4.36. The van der Waals surface area contributed by atoms with Crippen LogP contribution in [0.15, 0.2) is 18.2 Å². The number of carbonyl (C=O) groups is 1. The Labute approximate surface area is 117 Å². The Hall–Kier alpha value is -1.47. The summed E-state index contributed by atoms with van der Waals surface area (Å²) in [6, 6.07) is 4.29. The summed E-state index contributed by atoms with van der Waals surface area (Å²) in [6.07, 6.45) is 0.971. The van der Waals surface area contributed by atoms with Gasteiger partial charge in [0.05, 0.1) is 10.8 Å². The van der Waals surface area contributed by atoms with E-state index in [1.165, 1.54) is 17.0 Å². The number of nitrogens with zero attached hydrogens (tertiary/aromatic N) is 1. The molecule has 2 N–H and O–H groups in total. The van der Waals surface area contributed by atoms with Gasteiger partial charge in [0.25, 0.3) is 5.91 Å². The van der Waals surface area contributed by atoms with E-state index in [9.17, 15) is 17.6 Å². The van der Waals surface area contributed by atoms with Gasteiger partial charge in [-0.05, 0) is 31.9 Å². The van der Waals surface area contributed by atoms with Crippen LogP contribution in [-0.4, -0.2) is 37.6 Å². The number of piperidine rings is 1. The van der Waals surface area contributed by atoms with Crippen LogP contribution in [0, 0.1) is 12.7 Å². The van der Waals surface area contributed by atoms with Gasteiger partial charge >= 0.3 is 0 Å². The minimum Gasteiger partial charge on any atom is -0.337 e. The average molecular weight is 300 g/mol. The number of carbonyl (C=O) groups excluding carboxylic acids is 1. The van der Waals surface area contributed by atoms with E-state index in [0.717, 1.165) is 5.56 Å². The number of hydrogen-bond donors (Lipinski definition) is 1. The molecule has 110 valence electrons. The predicted molar refractivity (Wildman–Crippen MR) is 73.2 cm³/mol. The standard InChI is InChI=1S/C13H17FN2O3S/c1-9-4-5-12(14)11(7-9)13(17)16-6-2-3-10(8-16)20(15,18)19/h4-5,7,10H,2-3,6,8H2,1H3,(H2,15,18,19). The summed E-state index contributed by atoms with van der Waals surface area (Å²) in [5.41, 5.74) is 0.745. The summed E-state index contributed by atoms with van der Waals surface area (Å²) in [7, 11) is -3.68. The van der Waals surface area contributed by atoms with Crippen molar-refractivity contribution in [3.63, 3.8) is 0 Å². The molecule has 0 spiro atoms. The van der Waals surface area contributed by atoms with E-state index in [4.69, 9.17) is 5.14 Å². The van der Waals surface area contributed by atoms with Gasteiger partial charge < -0.3 is 4.90 Å². The summed E-state index contributed by atoms with van der Waals surface area (Å²) < 4.78 is 36.5. The fraction of sp³-hybridized carbons (Fsp3) is 0.462. The van der Waals surface area contributed by atoms with Crippen LogP contribution < -0.4 is 5.14 Å². The summed E-state index contributed by atoms with van der Waals surface area (Å²) in [5.74, 6) is -1.09. The van der Waals surface area contributed by atoms with Gasteiger partial charge in [-0.1, -0.05) is 11.6 Å². The van der Waals surface area contributed by atoms with Gasteiger partial charge in [-0.15, -0.1) is 0 Å². The van der Waals surface area contributed by atoms with Gasteiger partial charge in [-0.2, -0.15) is 0 Å². The fourth-order valence-corrected chi connectivity index (χ4v) is 3.25. The summed E-state index contributed by atoms with van der Waals surface area (Å²) in [4.78, 5) is 13.7. The third-order valence-electron chi connectivity index (χ3n) is 3.48. The van der Waals surface area contributed by atoms with E-state index >= 15 is 0 Å². The number of aryl methyl sites for hydroxylation is 1. The summed E-state index contributed by atoms with van der Waals surface area (Å²) in [6.45, 7) is 2.20. The Morgan fingerprint density at radius 2 is 2.15 bits per heavy atom. The zero-order chi connectivity index (χ0) is 14.9. The van der Waals surface area contributed by atoms with Crippen LogP contribution in [0.25, 0.3) is 0 Å². The van der Waals surface area contributed by atoms with E-state index in [2.05, 4.69) is 0 Å². The number of sulfonamides is 1. The number of nitrogens with two attached hydrogens (primary N) is 1. The zero-order valence-corrected chi connectivity index (χ0v) is 12.0. The molecule has 1 saturated heterocycles. The van der Waals surface area contributed by atoms with Gasteiger partial charge in [0, 0.05) is 13.1 Å². The Morgan fingerprint density at radius 1 is 1.45 bits per heavy atom. The molecule has 7 heteroatoms. The lowest BCUT2D eigenvalue weighted by molar-refractivity contribution is 0.0722. The highest BCUT2D eigenvalue weighted by Gasteiger charge is 2.31. The Morgan fingerprint density at radius 3 is 2.80 bits per heavy atom. The molecule has 20 heavy (non-hydrogen) atoms. The molecule has 0 aliphatic carbocycles. The molecule has 1 aliphatic rings. The van der Waals surface area contributed by atoms with Crippen molar-refractivity contribution in [3.05, 3.63) is 35.1 Å². The van der Waals surface area contributed by atoms with Crippen LogP contribution in [0.1, 0.15) is 28.8 Å². The number of amides is 1. The molecule has 1 aliphatic heterocycles. The molecule has 1 atom stereocenters. The molecule has 1 aromatic carbocycles. The second-order valence-electron chi connectivity index (χ2n) is 5.09. The maximum Gasteiger partial charge on any atom is 0.256 e. The highest BCUT2D eigenvalue weighted by Crippen LogP contribution is 2.19. The van der Waals surface area contributed by atoms with Crippen molar-refractivity contribution in [2.45, 2.75) is 25.0 Å². The molecule has 5 nitrogen and oxygen atoms in total. The van der Waals surface area contributed by atoms with E-state index in [1.54, 1.807) is 13.0 Å². The predicted octanol–water partition coefficient (Wildman–Crippen LogP) is 1.03. The van der Waals surface area contributed by atoms with Crippen molar-refractivity contribution in [3.8, 4) is 0 Å². The molecule has 0 radical (unpaired) electrons. The monoisotopic (exact) mass is 300 g/mol. The first kappa shape index (κ1) is 14.9. The van der Waals surface area contributed by atoms with Crippen molar-refractivity contribution in [1.29, 1.82) is 0 Å². The topological polar surface area (TPSA) is 80.5 Å². The molecule has 0 bridgehead atoms. The van der Waals surface area contributed by atoms with Crippen LogP contribution in [0.2, 0.25) is 0 Å². The van der Waals surface area contributed by atoms with Crippen LogP contribution in [-0.2, 0) is 10.0 Å². The quantitative estimate of drug-likeness (QED) is 0.885. The Bertz CT molecular complexity index is 631. The highest BCUT2D eigenvalue weighted by molar-refractivity contribution is 7.89. The lowest BCUT2D eigenvalue weighted by Crippen LogP contribution is -2.47. The zero-order valence-electron chi connectivity index (χ0n) is 11.2. The molecule has 2 rings (SSSR count). The van der Waals surface area contributed by atoms with Crippen molar-refractivity contribution in [2.24, 2.45) is 5.14 Å². The SMILES string of the molecule is Cc1ccc(F)c(C(=O)N2CCCC(S(N)(=O)=O)C2)c1. The van der Waals surface area contributed by atoms with Gasteiger partial charge in [0.2, 0.25) is 10.0 Å². The van der Waals surface area contributed by atoms with Crippen molar-refractivity contribution < 1.29 is 17.6 Å². The van der Waals surface area contributed by atoms with E-state index in [0.29, 0.717) is 19.4 Å². The van der Waals surface area contributed by atoms with Gasteiger partial charge in [-0.3, -0.25) is 4.79 Å². The minimum atomic E-state index is -3.68. The lowest BCUT2D eigenvalue weighted by Gasteiger charge is -2.31. The summed E-state index contributed by atoms with van der Waals surface area (Å²) >= 11 is 0. The Balaban J connectivity index is 2.23. The number of rotatable bonds is 2. The number of halogens is 1. The van der Waals surface area contributed by atoms with Crippen molar-refractivity contribution >= 4 is 15.9 Å². The Kier molecular flexibility index (Phi) is 4.10. The third-order valence-corrected chi connectivity index (χ3v) is 4.80. The second kappa shape index (κ2) is 5.49.